The van der Waals surface area contributed by atoms with Gasteiger partial charge in [-0.25, -0.2) is 4.39 Å². The highest BCUT2D eigenvalue weighted by Crippen LogP contribution is 2.18. The summed E-state index contributed by atoms with van der Waals surface area (Å²) in [4.78, 5) is 27.2. The van der Waals surface area contributed by atoms with Gasteiger partial charge in [0.05, 0.1) is 13.5 Å². The Morgan fingerprint density at radius 1 is 1.14 bits per heavy atom. The largest absolute Gasteiger partial charge is 0.497 e. The summed E-state index contributed by atoms with van der Waals surface area (Å²) in [5.41, 5.74) is 1.14. The summed E-state index contributed by atoms with van der Waals surface area (Å²) in [6.07, 6.45) is 0.676. The molecule has 0 spiro atoms. The predicted molar refractivity (Wildman–Crippen MR) is 111 cm³/mol. The van der Waals surface area contributed by atoms with Crippen molar-refractivity contribution in [3.63, 3.8) is 0 Å². The monoisotopic (exact) mass is 400 g/mol. The van der Waals surface area contributed by atoms with Gasteiger partial charge in [-0.15, -0.1) is 0 Å². The Morgan fingerprint density at radius 2 is 1.86 bits per heavy atom. The number of methoxy groups -OCH3 is 1. The quantitative estimate of drug-likeness (QED) is 0.698. The van der Waals surface area contributed by atoms with Gasteiger partial charge in [0, 0.05) is 12.6 Å². The Kier molecular flexibility index (Phi) is 8.19. The summed E-state index contributed by atoms with van der Waals surface area (Å²) in [7, 11) is 1.57. The number of carbonyl (C=O) groups is 2. The van der Waals surface area contributed by atoms with Gasteiger partial charge in [0.15, 0.2) is 0 Å². The van der Waals surface area contributed by atoms with Crippen LogP contribution in [0.4, 0.5) is 4.39 Å². The lowest BCUT2D eigenvalue weighted by atomic mass is 10.1. The molecule has 0 fully saturated rings. The first-order valence-corrected chi connectivity index (χ1v) is 9.81. The van der Waals surface area contributed by atoms with Crippen LogP contribution in [-0.4, -0.2) is 35.9 Å². The number of nitrogens with zero attached hydrogens (tertiary/aromatic N) is 1. The second kappa shape index (κ2) is 10.6. The molecule has 0 unspecified atom stereocenters. The van der Waals surface area contributed by atoms with E-state index in [4.69, 9.17) is 4.74 Å². The molecule has 0 aliphatic rings. The normalized spacial score (nSPS) is 12.7. The molecule has 1 N–H and O–H groups in total. The van der Waals surface area contributed by atoms with Gasteiger partial charge in [-0.2, -0.15) is 0 Å². The summed E-state index contributed by atoms with van der Waals surface area (Å²) >= 11 is 0. The van der Waals surface area contributed by atoms with Crippen LogP contribution in [0.5, 0.6) is 5.75 Å². The van der Waals surface area contributed by atoms with Crippen LogP contribution in [0.1, 0.15) is 38.3 Å². The zero-order valence-electron chi connectivity index (χ0n) is 17.4. The summed E-state index contributed by atoms with van der Waals surface area (Å²) in [6, 6.07) is 12.8. The van der Waals surface area contributed by atoms with Crippen molar-refractivity contribution >= 4 is 11.8 Å². The van der Waals surface area contributed by atoms with Crippen molar-refractivity contribution in [1.29, 1.82) is 0 Å². The van der Waals surface area contributed by atoms with E-state index in [2.05, 4.69) is 5.32 Å². The molecule has 0 saturated carbocycles. The van der Waals surface area contributed by atoms with Crippen LogP contribution in [0.15, 0.2) is 48.5 Å². The van der Waals surface area contributed by atoms with E-state index in [-0.39, 0.29) is 30.8 Å². The van der Waals surface area contributed by atoms with Crippen LogP contribution in [0.2, 0.25) is 0 Å². The van der Waals surface area contributed by atoms with Crippen molar-refractivity contribution < 1.29 is 18.7 Å². The predicted octanol–water partition coefficient (Wildman–Crippen LogP) is 3.71. The Bertz CT molecular complexity index is 840. The van der Waals surface area contributed by atoms with Gasteiger partial charge in [0.2, 0.25) is 11.8 Å². The lowest BCUT2D eigenvalue weighted by molar-refractivity contribution is -0.140. The third kappa shape index (κ3) is 6.31. The van der Waals surface area contributed by atoms with Gasteiger partial charge in [-0.05, 0) is 49.6 Å². The maximum absolute atomic E-state index is 14.0. The Hall–Kier alpha value is -2.89. The van der Waals surface area contributed by atoms with E-state index in [9.17, 15) is 14.0 Å². The van der Waals surface area contributed by atoms with Gasteiger partial charge in [0.25, 0.3) is 0 Å². The number of hydrogen-bond acceptors (Lipinski definition) is 3. The fraction of sp³-hybridized carbons (Fsp3) is 0.391. The minimum absolute atomic E-state index is 0.00490. The minimum atomic E-state index is -0.700. The molecule has 6 heteroatoms. The third-order valence-corrected chi connectivity index (χ3v) is 4.95. The van der Waals surface area contributed by atoms with Crippen molar-refractivity contribution in [2.45, 2.75) is 52.2 Å². The molecule has 2 rings (SSSR count). The summed E-state index contributed by atoms with van der Waals surface area (Å²) in [5, 5.41) is 2.92. The first-order chi connectivity index (χ1) is 13.8. The number of carbonyl (C=O) groups excluding carboxylic acids is 2. The Balaban J connectivity index is 2.26. The minimum Gasteiger partial charge on any atom is -0.497 e. The fourth-order valence-electron chi connectivity index (χ4n) is 2.92. The molecular formula is C23H29FN2O3. The first-order valence-electron chi connectivity index (χ1n) is 9.81. The Morgan fingerprint density at radius 3 is 2.52 bits per heavy atom. The van der Waals surface area contributed by atoms with E-state index in [0.29, 0.717) is 11.3 Å². The molecule has 156 valence electrons. The van der Waals surface area contributed by atoms with Crippen LogP contribution < -0.4 is 10.1 Å². The smallest absolute Gasteiger partial charge is 0.242 e. The van der Waals surface area contributed by atoms with E-state index in [1.807, 2.05) is 38.1 Å². The molecule has 0 heterocycles. The molecule has 0 bridgehead atoms. The Labute approximate surface area is 171 Å². The van der Waals surface area contributed by atoms with Crippen molar-refractivity contribution in [2.24, 2.45) is 0 Å². The fourth-order valence-corrected chi connectivity index (χ4v) is 2.92. The van der Waals surface area contributed by atoms with Gasteiger partial charge >= 0.3 is 0 Å². The molecule has 0 saturated heterocycles. The van der Waals surface area contributed by atoms with Crippen molar-refractivity contribution in [3.8, 4) is 5.75 Å². The van der Waals surface area contributed by atoms with E-state index in [1.165, 1.54) is 11.0 Å². The molecule has 29 heavy (non-hydrogen) atoms. The SMILES string of the molecule is CC[C@H](C)NC(=O)[C@H](C)N(Cc1cccc(OC)c1)C(=O)Cc1ccccc1F. The van der Waals surface area contributed by atoms with Gasteiger partial charge in [-0.3, -0.25) is 9.59 Å². The van der Waals surface area contributed by atoms with Crippen LogP contribution in [0.25, 0.3) is 0 Å². The zero-order chi connectivity index (χ0) is 21.4. The standard InChI is InChI=1S/C23H29FN2O3/c1-5-16(2)25-23(28)17(3)26(15-18-9-8-11-20(13-18)29-4)22(27)14-19-10-6-7-12-21(19)24/h6-13,16-17H,5,14-15H2,1-4H3,(H,25,28)/t16-,17-/m0/s1. The number of hydrogen-bond donors (Lipinski definition) is 1. The van der Waals surface area contributed by atoms with E-state index in [1.54, 1.807) is 32.2 Å². The molecule has 0 aliphatic heterocycles. The van der Waals surface area contributed by atoms with Crippen LogP contribution in [0, 0.1) is 5.82 Å². The summed E-state index contributed by atoms with van der Waals surface area (Å²) in [5.74, 6) is -0.312. The number of nitrogens with one attached hydrogen (secondary N) is 1. The van der Waals surface area contributed by atoms with Crippen molar-refractivity contribution in [3.05, 3.63) is 65.5 Å². The zero-order valence-corrected chi connectivity index (χ0v) is 17.4. The maximum Gasteiger partial charge on any atom is 0.242 e. The molecule has 5 nitrogen and oxygen atoms in total. The van der Waals surface area contributed by atoms with Crippen LogP contribution >= 0.6 is 0 Å². The molecule has 0 radical (unpaired) electrons. The molecule has 2 aromatic carbocycles. The number of ether oxygens (including phenoxy) is 1. The molecule has 0 aliphatic carbocycles. The molecule has 0 aromatic heterocycles. The highest BCUT2D eigenvalue weighted by molar-refractivity contribution is 5.88. The highest BCUT2D eigenvalue weighted by atomic mass is 19.1. The maximum atomic E-state index is 14.0. The van der Waals surface area contributed by atoms with Gasteiger partial charge in [-0.1, -0.05) is 37.3 Å². The summed E-state index contributed by atoms with van der Waals surface area (Å²) < 4.78 is 19.3. The molecule has 2 atom stereocenters. The van der Waals surface area contributed by atoms with Crippen molar-refractivity contribution in [1.82, 2.24) is 10.2 Å². The number of benzene rings is 2. The average molecular weight is 400 g/mol. The second-order valence-corrected chi connectivity index (χ2v) is 7.14. The van der Waals surface area contributed by atoms with Crippen LogP contribution in [0.3, 0.4) is 0 Å². The highest BCUT2D eigenvalue weighted by Gasteiger charge is 2.27. The first kappa shape index (κ1) is 22.4. The van der Waals surface area contributed by atoms with Crippen LogP contribution in [-0.2, 0) is 22.6 Å². The summed E-state index contributed by atoms with van der Waals surface area (Å²) in [6.45, 7) is 5.81. The number of amides is 2. The van der Waals surface area contributed by atoms with Gasteiger partial charge in [0.1, 0.15) is 17.6 Å². The van der Waals surface area contributed by atoms with Crippen molar-refractivity contribution in [2.75, 3.05) is 7.11 Å². The topological polar surface area (TPSA) is 58.6 Å². The average Bonchev–Trinajstić information content (AvgIpc) is 2.73. The molecule has 2 amide bonds. The van der Waals surface area contributed by atoms with Gasteiger partial charge < -0.3 is 15.0 Å². The second-order valence-electron chi connectivity index (χ2n) is 7.14. The molecular weight excluding hydrogens is 371 g/mol. The van der Waals surface area contributed by atoms with E-state index >= 15 is 0 Å². The van der Waals surface area contributed by atoms with E-state index in [0.717, 1.165) is 12.0 Å². The lowest BCUT2D eigenvalue weighted by Gasteiger charge is -2.30. The molecule has 2 aromatic rings. The third-order valence-electron chi connectivity index (χ3n) is 4.95. The van der Waals surface area contributed by atoms with E-state index < -0.39 is 11.9 Å². The lowest BCUT2D eigenvalue weighted by Crippen LogP contribution is -2.50. The number of halogens is 1. The number of rotatable bonds is 9.